The standard InChI is InChI=1S/C15H27N3O3/c1-11(2)3-6-15(12-4-7-16-8-5-12)13(20)18(9-10-19)14(21)17-15/h11-12,16,19H,3-10H2,1-2H3,(H,17,21)/t15-/m1/s1. The van der Waals surface area contributed by atoms with E-state index < -0.39 is 5.54 Å². The minimum absolute atomic E-state index is 0.0824. The molecule has 2 aliphatic heterocycles. The summed E-state index contributed by atoms with van der Waals surface area (Å²) in [6, 6.07) is -0.351. The molecule has 6 nitrogen and oxygen atoms in total. The molecule has 0 spiro atoms. The van der Waals surface area contributed by atoms with Gasteiger partial charge in [0, 0.05) is 0 Å². The van der Waals surface area contributed by atoms with Gasteiger partial charge in [-0.25, -0.2) is 4.79 Å². The van der Waals surface area contributed by atoms with E-state index in [4.69, 9.17) is 5.11 Å². The maximum absolute atomic E-state index is 12.9. The molecule has 3 amide bonds. The van der Waals surface area contributed by atoms with Crippen molar-refractivity contribution in [2.75, 3.05) is 26.2 Å². The zero-order valence-corrected chi connectivity index (χ0v) is 13.0. The Morgan fingerprint density at radius 2 is 2.00 bits per heavy atom. The Balaban J connectivity index is 2.23. The fourth-order valence-electron chi connectivity index (χ4n) is 3.43. The molecule has 21 heavy (non-hydrogen) atoms. The summed E-state index contributed by atoms with van der Waals surface area (Å²) in [7, 11) is 0. The number of aliphatic hydroxyl groups excluding tert-OH is 1. The van der Waals surface area contributed by atoms with Crippen molar-refractivity contribution in [3.8, 4) is 0 Å². The first-order valence-electron chi connectivity index (χ1n) is 7.97. The molecule has 2 rings (SSSR count). The maximum atomic E-state index is 12.9. The molecular weight excluding hydrogens is 270 g/mol. The van der Waals surface area contributed by atoms with Gasteiger partial charge in [0.1, 0.15) is 5.54 Å². The molecule has 6 heteroatoms. The molecule has 0 aromatic carbocycles. The third-order valence-corrected chi connectivity index (χ3v) is 4.68. The number of β-amino-alcohol motifs (C(OH)–C–C–N with tert-alkyl or cyclic N) is 1. The van der Waals surface area contributed by atoms with E-state index in [1.807, 2.05) is 0 Å². The van der Waals surface area contributed by atoms with Crippen LogP contribution in [-0.2, 0) is 4.79 Å². The highest BCUT2D eigenvalue weighted by Crippen LogP contribution is 2.36. The fraction of sp³-hybridized carbons (Fsp3) is 0.867. The third-order valence-electron chi connectivity index (χ3n) is 4.68. The van der Waals surface area contributed by atoms with Gasteiger partial charge in [0.2, 0.25) is 0 Å². The molecule has 0 aromatic rings. The molecule has 1 atom stereocenters. The monoisotopic (exact) mass is 297 g/mol. The summed E-state index contributed by atoms with van der Waals surface area (Å²) in [5.74, 6) is 0.520. The Bertz CT molecular complexity index is 394. The van der Waals surface area contributed by atoms with Crippen molar-refractivity contribution >= 4 is 11.9 Å². The Labute approximate surface area is 126 Å². The van der Waals surface area contributed by atoms with Crippen LogP contribution < -0.4 is 10.6 Å². The highest BCUT2D eigenvalue weighted by molar-refractivity contribution is 6.07. The van der Waals surface area contributed by atoms with Gasteiger partial charge in [0.15, 0.2) is 0 Å². The number of amides is 3. The highest BCUT2D eigenvalue weighted by atomic mass is 16.3. The van der Waals surface area contributed by atoms with Gasteiger partial charge in [0.25, 0.3) is 5.91 Å². The smallest absolute Gasteiger partial charge is 0.325 e. The summed E-state index contributed by atoms with van der Waals surface area (Å²) in [6.45, 7) is 5.92. The van der Waals surface area contributed by atoms with Crippen LogP contribution in [0.3, 0.4) is 0 Å². The summed E-state index contributed by atoms with van der Waals surface area (Å²) in [4.78, 5) is 26.2. The van der Waals surface area contributed by atoms with Crippen molar-refractivity contribution in [3.63, 3.8) is 0 Å². The summed E-state index contributed by atoms with van der Waals surface area (Å²) in [5.41, 5.74) is -0.765. The summed E-state index contributed by atoms with van der Waals surface area (Å²) < 4.78 is 0. The van der Waals surface area contributed by atoms with Crippen LogP contribution in [-0.4, -0.2) is 53.7 Å². The highest BCUT2D eigenvalue weighted by Gasteiger charge is 2.54. The summed E-state index contributed by atoms with van der Waals surface area (Å²) in [6.07, 6.45) is 3.39. The molecule has 120 valence electrons. The lowest BCUT2D eigenvalue weighted by molar-refractivity contribution is -0.134. The zero-order chi connectivity index (χ0) is 15.5. The Kier molecular flexibility index (Phi) is 5.22. The lowest BCUT2D eigenvalue weighted by Crippen LogP contribution is -2.56. The lowest BCUT2D eigenvalue weighted by Gasteiger charge is -2.38. The predicted octanol–water partition coefficient (Wildman–Crippen LogP) is 0.705. The number of hydrogen-bond acceptors (Lipinski definition) is 4. The van der Waals surface area contributed by atoms with E-state index in [1.54, 1.807) is 0 Å². The first-order chi connectivity index (χ1) is 10.0. The SMILES string of the molecule is CC(C)CC[C@]1(C2CCNCC2)NC(=O)N(CCO)C1=O. The van der Waals surface area contributed by atoms with Crippen molar-refractivity contribution in [3.05, 3.63) is 0 Å². The van der Waals surface area contributed by atoms with Gasteiger partial charge < -0.3 is 15.7 Å². The topological polar surface area (TPSA) is 81.7 Å². The van der Waals surface area contributed by atoms with Gasteiger partial charge in [-0.05, 0) is 50.6 Å². The second kappa shape index (κ2) is 6.75. The van der Waals surface area contributed by atoms with Gasteiger partial charge in [-0.3, -0.25) is 9.69 Å². The van der Waals surface area contributed by atoms with E-state index in [9.17, 15) is 9.59 Å². The van der Waals surface area contributed by atoms with Crippen molar-refractivity contribution in [1.29, 1.82) is 0 Å². The number of nitrogens with zero attached hydrogens (tertiary/aromatic N) is 1. The van der Waals surface area contributed by atoms with Crippen molar-refractivity contribution in [1.82, 2.24) is 15.5 Å². The number of hydrogen-bond donors (Lipinski definition) is 3. The molecular formula is C15H27N3O3. The van der Waals surface area contributed by atoms with Crippen LogP contribution in [0, 0.1) is 11.8 Å². The molecule has 2 saturated heterocycles. The summed E-state index contributed by atoms with van der Waals surface area (Å²) in [5, 5.41) is 15.4. The van der Waals surface area contributed by atoms with E-state index in [1.165, 1.54) is 4.90 Å². The van der Waals surface area contributed by atoms with Crippen LogP contribution >= 0.6 is 0 Å². The molecule has 0 unspecified atom stereocenters. The number of rotatable bonds is 6. The van der Waals surface area contributed by atoms with E-state index in [-0.39, 0.29) is 31.0 Å². The van der Waals surface area contributed by atoms with Crippen molar-refractivity contribution < 1.29 is 14.7 Å². The minimum Gasteiger partial charge on any atom is -0.395 e. The molecule has 0 saturated carbocycles. The van der Waals surface area contributed by atoms with Crippen LogP contribution in [0.2, 0.25) is 0 Å². The molecule has 0 aliphatic carbocycles. The molecule has 2 heterocycles. The number of nitrogens with one attached hydrogen (secondary N) is 2. The molecule has 0 bridgehead atoms. The van der Waals surface area contributed by atoms with Crippen LogP contribution in [0.5, 0.6) is 0 Å². The van der Waals surface area contributed by atoms with Crippen LogP contribution in [0.15, 0.2) is 0 Å². The van der Waals surface area contributed by atoms with Gasteiger partial charge in [-0.15, -0.1) is 0 Å². The quantitative estimate of drug-likeness (QED) is 0.631. The molecule has 0 radical (unpaired) electrons. The van der Waals surface area contributed by atoms with Crippen molar-refractivity contribution in [2.45, 2.75) is 45.1 Å². The first-order valence-corrected chi connectivity index (χ1v) is 7.97. The number of piperidine rings is 1. The van der Waals surface area contributed by atoms with Crippen LogP contribution in [0.25, 0.3) is 0 Å². The Morgan fingerprint density at radius 1 is 1.33 bits per heavy atom. The Hall–Kier alpha value is -1.14. The van der Waals surface area contributed by atoms with Crippen molar-refractivity contribution in [2.24, 2.45) is 11.8 Å². The average Bonchev–Trinajstić information content (AvgIpc) is 2.72. The van der Waals surface area contributed by atoms with E-state index >= 15 is 0 Å². The van der Waals surface area contributed by atoms with E-state index in [0.717, 1.165) is 32.4 Å². The van der Waals surface area contributed by atoms with Gasteiger partial charge in [0.05, 0.1) is 13.2 Å². The number of aliphatic hydroxyl groups is 1. The number of urea groups is 1. The number of carbonyl (C=O) groups excluding carboxylic acids is 2. The second-order valence-corrected chi connectivity index (χ2v) is 6.54. The van der Waals surface area contributed by atoms with Gasteiger partial charge in [-0.1, -0.05) is 13.8 Å². The largest absolute Gasteiger partial charge is 0.395 e. The molecule has 0 aromatic heterocycles. The number of imide groups is 1. The molecule has 2 fully saturated rings. The maximum Gasteiger partial charge on any atom is 0.325 e. The van der Waals surface area contributed by atoms with Gasteiger partial charge >= 0.3 is 6.03 Å². The predicted molar refractivity (Wildman–Crippen MR) is 79.7 cm³/mol. The van der Waals surface area contributed by atoms with Crippen LogP contribution in [0.1, 0.15) is 39.5 Å². The first kappa shape index (κ1) is 16.2. The molecule has 2 aliphatic rings. The van der Waals surface area contributed by atoms with Gasteiger partial charge in [-0.2, -0.15) is 0 Å². The lowest BCUT2D eigenvalue weighted by atomic mass is 9.74. The van der Waals surface area contributed by atoms with E-state index in [0.29, 0.717) is 12.3 Å². The minimum atomic E-state index is -0.765. The Morgan fingerprint density at radius 3 is 2.57 bits per heavy atom. The normalized spacial score (nSPS) is 27.5. The van der Waals surface area contributed by atoms with Crippen LogP contribution in [0.4, 0.5) is 4.79 Å². The fourth-order valence-corrected chi connectivity index (χ4v) is 3.43. The van der Waals surface area contributed by atoms with E-state index in [2.05, 4.69) is 24.5 Å². The summed E-state index contributed by atoms with van der Waals surface area (Å²) >= 11 is 0. The second-order valence-electron chi connectivity index (χ2n) is 6.54. The molecule has 3 N–H and O–H groups in total. The average molecular weight is 297 g/mol. The zero-order valence-electron chi connectivity index (χ0n) is 13.0. The third kappa shape index (κ3) is 3.21. The number of carbonyl (C=O) groups is 2.